The topological polar surface area (TPSA) is 307 Å². The Labute approximate surface area is 238 Å². The van der Waals surface area contributed by atoms with Crippen LogP contribution in [0.5, 0.6) is 0 Å². The van der Waals surface area contributed by atoms with Crippen LogP contribution in [-0.4, -0.2) is 198 Å². The third-order valence-electron chi connectivity index (χ3n) is 7.80. The third kappa shape index (κ3) is 6.74. The minimum absolute atomic E-state index is 0.554. The van der Waals surface area contributed by atoms with Crippen molar-refractivity contribution < 1.29 is 94.4 Å². The van der Waals surface area contributed by atoms with Crippen LogP contribution in [0.4, 0.5) is 0 Å². The highest BCUT2D eigenvalue weighted by molar-refractivity contribution is 4.96. The minimum Gasteiger partial charge on any atom is -0.394 e. The fraction of sp³-hybridized carbons (Fsp3) is 1.00. The zero-order valence-electron chi connectivity index (χ0n) is 22.3. The number of aliphatic hydroxyl groups is 12. The van der Waals surface area contributed by atoms with Crippen molar-refractivity contribution in [2.45, 2.75) is 124 Å². The molecular weight excluding hydrogens is 580 g/mol. The van der Waals surface area contributed by atoms with Gasteiger partial charge in [0.05, 0.1) is 25.9 Å². The molecule has 4 saturated heterocycles. The third-order valence-corrected chi connectivity index (χ3v) is 7.80. The van der Waals surface area contributed by atoms with Gasteiger partial charge < -0.3 is 94.4 Å². The molecule has 19 heteroatoms. The van der Waals surface area contributed by atoms with E-state index >= 15 is 0 Å². The molecule has 4 fully saturated rings. The number of hydrogen-bond acceptors (Lipinski definition) is 19. The number of hydrogen-bond donors (Lipinski definition) is 12. The summed E-state index contributed by atoms with van der Waals surface area (Å²) in [5.41, 5.74) is 0. The predicted molar refractivity (Wildman–Crippen MR) is 126 cm³/mol. The van der Waals surface area contributed by atoms with Gasteiger partial charge in [-0.2, -0.15) is 0 Å². The second-order valence-electron chi connectivity index (χ2n) is 10.7. The van der Waals surface area contributed by atoms with E-state index in [1.807, 2.05) is 0 Å². The van der Waals surface area contributed by atoms with E-state index < -0.39 is 137 Å². The first-order valence-electron chi connectivity index (χ1n) is 13.4. The molecule has 0 aromatic heterocycles. The molecule has 0 aromatic carbocycles. The lowest BCUT2D eigenvalue weighted by Gasteiger charge is -2.46. The smallest absolute Gasteiger partial charge is 0.187 e. The van der Waals surface area contributed by atoms with Gasteiger partial charge in [0.1, 0.15) is 85.5 Å². The van der Waals surface area contributed by atoms with Crippen LogP contribution in [0.2, 0.25) is 0 Å². The molecule has 42 heavy (non-hydrogen) atoms. The Morgan fingerprint density at radius 1 is 0.476 bits per heavy atom. The maximum absolute atomic E-state index is 11.0. The van der Waals surface area contributed by atoms with Crippen LogP contribution in [0, 0.1) is 0 Å². The predicted octanol–water partition coefficient (Wildman–Crippen LogP) is -8.08. The van der Waals surface area contributed by atoms with Crippen molar-refractivity contribution in [1.82, 2.24) is 0 Å². The van der Waals surface area contributed by atoms with E-state index in [1.165, 1.54) is 6.92 Å². The Balaban J connectivity index is 1.39. The first-order valence-corrected chi connectivity index (χ1v) is 13.4. The molecular formula is C23H40O19. The van der Waals surface area contributed by atoms with E-state index in [-0.39, 0.29) is 0 Å². The van der Waals surface area contributed by atoms with Crippen LogP contribution >= 0.6 is 0 Å². The van der Waals surface area contributed by atoms with Crippen LogP contribution in [0.15, 0.2) is 0 Å². The highest BCUT2D eigenvalue weighted by Gasteiger charge is 2.53. The first kappa shape index (κ1) is 34.1. The van der Waals surface area contributed by atoms with Crippen molar-refractivity contribution in [1.29, 1.82) is 0 Å². The molecule has 0 amide bonds. The standard InChI is InChI=1S/C23H40O19/c1-5-9(26)12(29)16(33)22(37-5)42-19-17(34)18(7(3-25)38-20(19)35)41-23-14(31)11(28)8(40-23)4-36-21-15(32)13(30)10(27)6(2-24)39-21/h5-35H,2-4H2,1H3/t5-,6+,7+,8-,9-,10+,11-,12+,13-,14+,15+,16+,17-,18+,19+,20+,21+,22-,23-/m0/s1. The quantitative estimate of drug-likeness (QED) is 0.114. The Bertz CT molecular complexity index is 853. The molecule has 0 aromatic rings. The highest BCUT2D eigenvalue weighted by Crippen LogP contribution is 2.33. The summed E-state index contributed by atoms with van der Waals surface area (Å²) >= 11 is 0. The van der Waals surface area contributed by atoms with E-state index in [4.69, 9.17) is 33.2 Å². The summed E-state index contributed by atoms with van der Waals surface area (Å²) in [7, 11) is 0. The molecule has 4 aliphatic heterocycles. The van der Waals surface area contributed by atoms with Gasteiger partial charge in [-0.25, -0.2) is 0 Å². The molecule has 19 nitrogen and oxygen atoms in total. The molecule has 4 heterocycles. The number of ether oxygens (including phenoxy) is 7. The van der Waals surface area contributed by atoms with Gasteiger partial charge in [-0.15, -0.1) is 0 Å². The van der Waals surface area contributed by atoms with E-state index in [9.17, 15) is 61.3 Å². The second-order valence-corrected chi connectivity index (χ2v) is 10.7. The lowest BCUT2D eigenvalue weighted by Crippen LogP contribution is -2.64. The maximum atomic E-state index is 11.0. The first-order chi connectivity index (χ1) is 19.8. The van der Waals surface area contributed by atoms with Crippen molar-refractivity contribution in [3.63, 3.8) is 0 Å². The molecule has 0 spiro atoms. The van der Waals surface area contributed by atoms with Crippen LogP contribution < -0.4 is 0 Å². The molecule has 0 aliphatic carbocycles. The maximum Gasteiger partial charge on any atom is 0.187 e. The van der Waals surface area contributed by atoms with Crippen LogP contribution in [0.25, 0.3) is 0 Å². The Hall–Kier alpha value is -0.760. The molecule has 246 valence electrons. The van der Waals surface area contributed by atoms with Gasteiger partial charge in [-0.05, 0) is 6.92 Å². The second kappa shape index (κ2) is 14.1. The fourth-order valence-electron chi connectivity index (χ4n) is 5.17. The summed E-state index contributed by atoms with van der Waals surface area (Å²) in [4.78, 5) is 0. The molecule has 0 bridgehead atoms. The van der Waals surface area contributed by atoms with E-state index in [0.29, 0.717) is 0 Å². The normalized spacial score (nSPS) is 53.8. The van der Waals surface area contributed by atoms with Gasteiger partial charge in [0.25, 0.3) is 0 Å². The largest absolute Gasteiger partial charge is 0.394 e. The van der Waals surface area contributed by atoms with Crippen molar-refractivity contribution in [2.75, 3.05) is 19.8 Å². The highest BCUT2D eigenvalue weighted by atomic mass is 16.8. The Kier molecular flexibility index (Phi) is 11.5. The lowest BCUT2D eigenvalue weighted by molar-refractivity contribution is -0.370. The van der Waals surface area contributed by atoms with Crippen LogP contribution in [0.1, 0.15) is 6.92 Å². The van der Waals surface area contributed by atoms with E-state index in [2.05, 4.69) is 0 Å². The van der Waals surface area contributed by atoms with E-state index in [0.717, 1.165) is 0 Å². The van der Waals surface area contributed by atoms with Gasteiger partial charge in [-0.3, -0.25) is 0 Å². The van der Waals surface area contributed by atoms with Gasteiger partial charge in [0.2, 0.25) is 0 Å². The average Bonchev–Trinajstić information content (AvgIpc) is 3.24. The summed E-state index contributed by atoms with van der Waals surface area (Å²) in [6.45, 7) is -0.671. The van der Waals surface area contributed by atoms with Gasteiger partial charge in [0, 0.05) is 0 Å². The van der Waals surface area contributed by atoms with Gasteiger partial charge >= 0.3 is 0 Å². The van der Waals surface area contributed by atoms with Gasteiger partial charge in [-0.1, -0.05) is 0 Å². The van der Waals surface area contributed by atoms with E-state index in [1.54, 1.807) is 0 Å². The molecule has 4 aliphatic rings. The molecule has 0 unspecified atom stereocenters. The van der Waals surface area contributed by atoms with Gasteiger partial charge in [0.15, 0.2) is 25.2 Å². The minimum atomic E-state index is -1.90. The lowest BCUT2D eigenvalue weighted by atomic mass is 9.97. The van der Waals surface area contributed by atoms with Crippen molar-refractivity contribution in [3.05, 3.63) is 0 Å². The molecule has 19 atom stereocenters. The van der Waals surface area contributed by atoms with Crippen LogP contribution in [0.3, 0.4) is 0 Å². The summed E-state index contributed by atoms with van der Waals surface area (Å²) in [5.74, 6) is 0. The average molecular weight is 621 g/mol. The summed E-state index contributed by atoms with van der Waals surface area (Å²) < 4.78 is 37.8. The van der Waals surface area contributed by atoms with Crippen molar-refractivity contribution in [3.8, 4) is 0 Å². The molecule has 4 rings (SSSR count). The zero-order valence-corrected chi connectivity index (χ0v) is 22.3. The molecule has 0 saturated carbocycles. The molecule has 0 radical (unpaired) electrons. The number of aliphatic hydroxyl groups excluding tert-OH is 12. The fourth-order valence-corrected chi connectivity index (χ4v) is 5.17. The van der Waals surface area contributed by atoms with Crippen molar-refractivity contribution in [2.24, 2.45) is 0 Å². The van der Waals surface area contributed by atoms with Crippen molar-refractivity contribution >= 4 is 0 Å². The SMILES string of the molecule is C[C@@H]1O[C@@H](O[C@@H]2[C@@H](O)[C@H](O[C@@H]3O[C@@H](CO[C@@H]4O[C@H](CO)[C@@H](O)[C@H](O)[C@H]4O)[C@H](O)[C@H]3O)[C@@H](CO)O[C@H]2O)[C@H](O)[C@H](O)[C@H]1O. The zero-order chi connectivity index (χ0) is 31.0. The number of rotatable bonds is 9. The Morgan fingerprint density at radius 3 is 1.62 bits per heavy atom. The van der Waals surface area contributed by atoms with Crippen LogP contribution in [-0.2, 0) is 33.2 Å². The summed E-state index contributed by atoms with van der Waals surface area (Å²) in [5, 5.41) is 122. The monoisotopic (exact) mass is 620 g/mol. The Morgan fingerprint density at radius 2 is 0.976 bits per heavy atom. The summed E-state index contributed by atoms with van der Waals surface area (Å²) in [6, 6.07) is 0. The summed E-state index contributed by atoms with van der Waals surface area (Å²) in [6.07, 6.45) is -30.3. The molecule has 12 N–H and O–H groups in total.